The highest BCUT2D eigenvalue weighted by Crippen LogP contribution is 2.28. The lowest BCUT2D eigenvalue weighted by atomic mass is 10.2. The first kappa shape index (κ1) is 22.8. The minimum atomic E-state index is -3.77. The molecule has 0 atom stereocenters. The summed E-state index contributed by atoms with van der Waals surface area (Å²) in [6.45, 7) is 2.41. The number of nitrogens with zero attached hydrogens (tertiary/aromatic N) is 1. The Morgan fingerprint density at radius 1 is 1.00 bits per heavy atom. The fourth-order valence-corrected chi connectivity index (χ4v) is 3.50. The van der Waals surface area contributed by atoms with E-state index >= 15 is 0 Å². The third-order valence-corrected chi connectivity index (χ3v) is 5.47. The van der Waals surface area contributed by atoms with Crippen LogP contribution >= 0.6 is 0 Å². The number of hydrazone groups is 1. The molecule has 0 aliphatic rings. The van der Waals surface area contributed by atoms with Crippen molar-refractivity contribution in [2.24, 2.45) is 5.10 Å². The van der Waals surface area contributed by atoms with Gasteiger partial charge in [0.1, 0.15) is 5.75 Å². The van der Waals surface area contributed by atoms with Crippen molar-refractivity contribution < 1.29 is 27.4 Å². The van der Waals surface area contributed by atoms with Crippen LogP contribution in [0.15, 0.2) is 82.8 Å². The van der Waals surface area contributed by atoms with E-state index in [2.05, 4.69) is 9.93 Å². The molecule has 32 heavy (non-hydrogen) atoms. The van der Waals surface area contributed by atoms with Crippen LogP contribution in [0.5, 0.6) is 17.2 Å². The summed E-state index contributed by atoms with van der Waals surface area (Å²) in [4.78, 5) is 14.7. The molecular weight excluding hydrogens is 432 g/mol. The predicted octanol–water partition coefficient (Wildman–Crippen LogP) is 3.63. The largest absolute Gasteiger partial charge is 0.494 e. The van der Waals surface area contributed by atoms with Gasteiger partial charge in [0.25, 0.3) is 10.0 Å². The van der Waals surface area contributed by atoms with Gasteiger partial charge in [0, 0.05) is 0 Å². The molecule has 0 saturated carbocycles. The Morgan fingerprint density at radius 2 is 1.72 bits per heavy atom. The highest BCUT2D eigenvalue weighted by molar-refractivity contribution is 7.89. The summed E-state index contributed by atoms with van der Waals surface area (Å²) in [6.07, 6.45) is 1.32. The number of esters is 1. The number of benzene rings is 3. The molecule has 9 heteroatoms. The first-order valence-electron chi connectivity index (χ1n) is 9.66. The Labute approximate surface area is 186 Å². The lowest BCUT2D eigenvalue weighted by Gasteiger charge is -2.10. The topological polar surface area (TPSA) is 103 Å². The SMILES string of the molecule is CCOc1ccc(C(=O)Oc2ccc(/C=N/NS(=O)(=O)c3ccccc3)cc2OC)cc1. The molecule has 3 aromatic rings. The molecule has 0 spiro atoms. The van der Waals surface area contributed by atoms with E-state index in [4.69, 9.17) is 14.2 Å². The second-order valence-electron chi connectivity index (χ2n) is 6.42. The van der Waals surface area contributed by atoms with Crippen molar-refractivity contribution in [2.75, 3.05) is 13.7 Å². The van der Waals surface area contributed by atoms with Crippen molar-refractivity contribution in [3.05, 3.63) is 83.9 Å². The quantitative estimate of drug-likeness (QED) is 0.229. The fourth-order valence-electron chi connectivity index (χ4n) is 2.68. The zero-order chi connectivity index (χ0) is 23.0. The van der Waals surface area contributed by atoms with Crippen molar-refractivity contribution in [2.45, 2.75) is 11.8 Å². The monoisotopic (exact) mass is 454 g/mol. The van der Waals surface area contributed by atoms with Gasteiger partial charge in [-0.1, -0.05) is 18.2 Å². The minimum absolute atomic E-state index is 0.103. The number of rotatable bonds is 9. The molecule has 0 fully saturated rings. The van der Waals surface area contributed by atoms with Crippen LogP contribution in [0.1, 0.15) is 22.8 Å². The molecule has 0 unspecified atom stereocenters. The van der Waals surface area contributed by atoms with Crippen molar-refractivity contribution >= 4 is 22.2 Å². The summed E-state index contributed by atoms with van der Waals surface area (Å²) in [6, 6.07) is 19.2. The van der Waals surface area contributed by atoms with E-state index < -0.39 is 16.0 Å². The van der Waals surface area contributed by atoms with Crippen molar-refractivity contribution in [3.8, 4) is 17.2 Å². The third kappa shape index (κ3) is 5.86. The normalized spacial score (nSPS) is 11.2. The number of nitrogens with one attached hydrogen (secondary N) is 1. The lowest BCUT2D eigenvalue weighted by Crippen LogP contribution is -2.18. The van der Waals surface area contributed by atoms with E-state index in [0.717, 1.165) is 0 Å². The van der Waals surface area contributed by atoms with E-state index in [1.165, 1.54) is 25.5 Å². The van der Waals surface area contributed by atoms with Gasteiger partial charge in [-0.15, -0.1) is 0 Å². The summed E-state index contributed by atoms with van der Waals surface area (Å²) in [5.41, 5.74) is 0.898. The standard InChI is InChI=1S/C23H22N2O6S/c1-3-30-19-12-10-18(11-13-19)23(26)31-21-14-9-17(15-22(21)29-2)16-24-25-32(27,28)20-7-5-4-6-8-20/h4-16,25H,3H2,1-2H3/b24-16+. The van der Waals surface area contributed by atoms with Crippen LogP contribution in [-0.4, -0.2) is 34.3 Å². The summed E-state index contributed by atoms with van der Waals surface area (Å²) >= 11 is 0. The van der Waals surface area contributed by atoms with Gasteiger partial charge in [-0.05, 0) is 67.1 Å². The molecular formula is C23H22N2O6S. The Hall–Kier alpha value is -3.85. The number of hydrogen-bond donors (Lipinski definition) is 1. The molecule has 3 rings (SSSR count). The van der Waals surface area contributed by atoms with Crippen LogP contribution < -0.4 is 19.0 Å². The fraction of sp³-hybridized carbons (Fsp3) is 0.130. The molecule has 0 saturated heterocycles. The number of ether oxygens (including phenoxy) is 3. The van der Waals surface area contributed by atoms with Gasteiger partial charge in [-0.25, -0.2) is 9.63 Å². The molecule has 0 bridgehead atoms. The molecule has 3 aromatic carbocycles. The van der Waals surface area contributed by atoms with E-state index in [1.807, 2.05) is 6.92 Å². The number of methoxy groups -OCH3 is 1. The second kappa shape index (κ2) is 10.5. The van der Waals surface area contributed by atoms with Crippen LogP contribution in [0.3, 0.4) is 0 Å². The third-order valence-electron chi connectivity index (χ3n) is 4.23. The second-order valence-corrected chi connectivity index (χ2v) is 8.08. The van der Waals surface area contributed by atoms with Crippen molar-refractivity contribution in [1.82, 2.24) is 4.83 Å². The summed E-state index contributed by atoms with van der Waals surface area (Å²) in [7, 11) is -2.33. The van der Waals surface area contributed by atoms with Crippen LogP contribution in [-0.2, 0) is 10.0 Å². The maximum absolute atomic E-state index is 12.4. The molecule has 0 aromatic heterocycles. The smallest absolute Gasteiger partial charge is 0.343 e. The van der Waals surface area contributed by atoms with Gasteiger partial charge < -0.3 is 14.2 Å². The van der Waals surface area contributed by atoms with Crippen LogP contribution in [0.4, 0.5) is 0 Å². The van der Waals surface area contributed by atoms with Gasteiger partial charge >= 0.3 is 5.97 Å². The van der Waals surface area contributed by atoms with E-state index in [0.29, 0.717) is 29.2 Å². The lowest BCUT2D eigenvalue weighted by molar-refractivity contribution is 0.0729. The maximum atomic E-state index is 12.4. The molecule has 0 radical (unpaired) electrons. The van der Waals surface area contributed by atoms with Crippen LogP contribution in [0.2, 0.25) is 0 Å². The average molecular weight is 455 g/mol. The summed E-state index contributed by atoms with van der Waals surface area (Å²) < 4.78 is 40.5. The van der Waals surface area contributed by atoms with E-state index in [1.54, 1.807) is 60.7 Å². The molecule has 1 N–H and O–H groups in total. The molecule has 0 aliphatic heterocycles. The number of carbonyl (C=O) groups is 1. The minimum Gasteiger partial charge on any atom is -0.494 e. The first-order chi connectivity index (χ1) is 15.4. The maximum Gasteiger partial charge on any atom is 0.343 e. The molecule has 166 valence electrons. The van der Waals surface area contributed by atoms with Gasteiger partial charge in [0.05, 0.1) is 30.4 Å². The van der Waals surface area contributed by atoms with E-state index in [9.17, 15) is 13.2 Å². The van der Waals surface area contributed by atoms with Gasteiger partial charge in [0.2, 0.25) is 0 Å². The number of sulfonamides is 1. The van der Waals surface area contributed by atoms with Gasteiger partial charge in [-0.3, -0.25) is 0 Å². The molecule has 0 amide bonds. The zero-order valence-electron chi connectivity index (χ0n) is 17.5. The highest BCUT2D eigenvalue weighted by atomic mass is 32.2. The average Bonchev–Trinajstić information content (AvgIpc) is 2.81. The first-order valence-corrected chi connectivity index (χ1v) is 11.1. The Morgan fingerprint density at radius 3 is 2.38 bits per heavy atom. The molecule has 0 heterocycles. The molecule has 8 nitrogen and oxygen atoms in total. The van der Waals surface area contributed by atoms with Crippen LogP contribution in [0.25, 0.3) is 0 Å². The highest BCUT2D eigenvalue weighted by Gasteiger charge is 2.14. The Bertz CT molecular complexity index is 1190. The van der Waals surface area contributed by atoms with Gasteiger partial charge in [0.15, 0.2) is 11.5 Å². The Balaban J connectivity index is 1.69. The number of carbonyl (C=O) groups excluding carboxylic acids is 1. The zero-order valence-corrected chi connectivity index (χ0v) is 18.3. The van der Waals surface area contributed by atoms with Crippen molar-refractivity contribution in [3.63, 3.8) is 0 Å². The summed E-state index contributed by atoms with van der Waals surface area (Å²) in [5.74, 6) is 0.615. The Kier molecular flexibility index (Phi) is 7.45. The van der Waals surface area contributed by atoms with Crippen molar-refractivity contribution in [1.29, 1.82) is 0 Å². The van der Waals surface area contributed by atoms with Gasteiger partial charge in [-0.2, -0.15) is 13.5 Å². The number of hydrogen-bond acceptors (Lipinski definition) is 7. The van der Waals surface area contributed by atoms with E-state index in [-0.39, 0.29) is 10.6 Å². The van der Waals surface area contributed by atoms with Crippen LogP contribution in [0, 0.1) is 0 Å². The predicted molar refractivity (Wildman–Crippen MR) is 120 cm³/mol. The molecule has 0 aliphatic carbocycles. The summed E-state index contributed by atoms with van der Waals surface area (Å²) in [5, 5.41) is 3.79.